The number of nitrogens with two attached hydrogens (primary N) is 1. The van der Waals surface area contributed by atoms with E-state index in [4.69, 9.17) is 18.0 Å². The van der Waals surface area contributed by atoms with Crippen LogP contribution in [-0.2, 0) is 6.54 Å². The fourth-order valence-corrected chi connectivity index (χ4v) is 2.42. The lowest BCUT2D eigenvalue weighted by Crippen LogP contribution is -2.23. The highest BCUT2D eigenvalue weighted by Gasteiger charge is 2.09. The highest BCUT2D eigenvalue weighted by Crippen LogP contribution is 2.20. The molecular formula is C16H19N3S. The lowest BCUT2D eigenvalue weighted by atomic mass is 10.1. The number of rotatable bonds is 5. The van der Waals surface area contributed by atoms with E-state index in [1.54, 1.807) is 0 Å². The largest absolute Gasteiger partial charge is 0.389 e. The molecule has 2 aromatic rings. The van der Waals surface area contributed by atoms with E-state index in [0.717, 1.165) is 35.6 Å². The van der Waals surface area contributed by atoms with Gasteiger partial charge >= 0.3 is 0 Å². The van der Waals surface area contributed by atoms with E-state index in [1.165, 1.54) is 0 Å². The number of pyridine rings is 1. The maximum atomic E-state index is 5.70. The normalized spacial score (nSPS) is 10.3. The number of anilines is 1. The molecule has 4 heteroatoms. The van der Waals surface area contributed by atoms with Crippen LogP contribution in [0.15, 0.2) is 42.6 Å². The molecule has 0 saturated carbocycles. The topological polar surface area (TPSA) is 42.2 Å². The van der Waals surface area contributed by atoms with Crippen molar-refractivity contribution in [1.29, 1.82) is 0 Å². The minimum atomic E-state index is 0.446. The molecule has 104 valence electrons. The monoisotopic (exact) mass is 285 g/mol. The van der Waals surface area contributed by atoms with Crippen LogP contribution in [-0.4, -0.2) is 16.5 Å². The maximum Gasteiger partial charge on any atom is 0.104 e. The van der Waals surface area contributed by atoms with Crippen molar-refractivity contribution >= 4 is 22.9 Å². The molecule has 0 bridgehead atoms. The summed E-state index contributed by atoms with van der Waals surface area (Å²) in [5.41, 5.74) is 9.98. The Balaban J connectivity index is 2.24. The van der Waals surface area contributed by atoms with Crippen LogP contribution in [0.5, 0.6) is 0 Å². The van der Waals surface area contributed by atoms with Crippen LogP contribution in [0.1, 0.15) is 23.7 Å². The van der Waals surface area contributed by atoms with E-state index in [0.29, 0.717) is 4.99 Å². The standard InChI is InChI=1S/C16H19N3S/c1-3-19(11-13-6-4-5-9-18-13)14-7-8-15(16(17)20)12(2)10-14/h4-10H,3,11H2,1-2H3,(H2,17,20). The summed E-state index contributed by atoms with van der Waals surface area (Å²) >= 11 is 5.05. The van der Waals surface area contributed by atoms with E-state index in [-0.39, 0.29) is 0 Å². The molecule has 0 aliphatic heterocycles. The van der Waals surface area contributed by atoms with Gasteiger partial charge in [-0.15, -0.1) is 0 Å². The molecule has 2 rings (SSSR count). The third-order valence-electron chi connectivity index (χ3n) is 3.30. The number of aryl methyl sites for hydroxylation is 1. The molecule has 2 N–H and O–H groups in total. The second kappa shape index (κ2) is 6.48. The molecule has 0 atom stereocenters. The predicted octanol–water partition coefficient (Wildman–Crippen LogP) is 3.05. The van der Waals surface area contributed by atoms with Gasteiger partial charge in [0, 0.05) is 24.0 Å². The Hall–Kier alpha value is -1.94. The van der Waals surface area contributed by atoms with Gasteiger partial charge in [-0.1, -0.05) is 18.3 Å². The quantitative estimate of drug-likeness (QED) is 0.857. The first-order chi connectivity index (χ1) is 9.61. The molecule has 0 spiro atoms. The second-order valence-electron chi connectivity index (χ2n) is 4.70. The van der Waals surface area contributed by atoms with E-state index in [9.17, 15) is 0 Å². The molecule has 1 heterocycles. The summed E-state index contributed by atoms with van der Waals surface area (Å²) < 4.78 is 0. The number of nitrogens with zero attached hydrogens (tertiary/aromatic N) is 2. The average Bonchev–Trinajstić information content (AvgIpc) is 2.45. The van der Waals surface area contributed by atoms with Gasteiger partial charge in [-0.05, 0) is 49.7 Å². The fraction of sp³-hybridized carbons (Fsp3) is 0.250. The van der Waals surface area contributed by atoms with Crippen molar-refractivity contribution < 1.29 is 0 Å². The van der Waals surface area contributed by atoms with Gasteiger partial charge in [0.1, 0.15) is 4.99 Å². The summed E-state index contributed by atoms with van der Waals surface area (Å²) in [5.74, 6) is 0. The zero-order chi connectivity index (χ0) is 14.5. The molecule has 0 amide bonds. The van der Waals surface area contributed by atoms with Crippen molar-refractivity contribution in [1.82, 2.24) is 4.98 Å². The Kier molecular flexibility index (Phi) is 4.69. The first-order valence-electron chi connectivity index (χ1n) is 6.67. The predicted molar refractivity (Wildman–Crippen MR) is 88.0 cm³/mol. The number of thiocarbonyl (C=S) groups is 1. The van der Waals surface area contributed by atoms with E-state index in [1.807, 2.05) is 37.4 Å². The summed E-state index contributed by atoms with van der Waals surface area (Å²) in [6, 6.07) is 12.2. The summed E-state index contributed by atoms with van der Waals surface area (Å²) in [6.45, 7) is 5.89. The Bertz CT molecular complexity index is 596. The van der Waals surface area contributed by atoms with Crippen LogP contribution in [0.2, 0.25) is 0 Å². The molecule has 0 radical (unpaired) electrons. The van der Waals surface area contributed by atoms with E-state index >= 15 is 0 Å². The lowest BCUT2D eigenvalue weighted by Gasteiger charge is -2.23. The average molecular weight is 285 g/mol. The van der Waals surface area contributed by atoms with Gasteiger partial charge in [-0.25, -0.2) is 0 Å². The first-order valence-corrected chi connectivity index (χ1v) is 7.08. The Morgan fingerprint density at radius 2 is 2.10 bits per heavy atom. The van der Waals surface area contributed by atoms with Gasteiger partial charge in [-0.3, -0.25) is 4.98 Å². The van der Waals surface area contributed by atoms with Gasteiger partial charge < -0.3 is 10.6 Å². The first kappa shape index (κ1) is 14.5. The van der Waals surface area contributed by atoms with E-state index < -0.39 is 0 Å². The van der Waals surface area contributed by atoms with Gasteiger partial charge in [0.25, 0.3) is 0 Å². The molecule has 0 unspecified atom stereocenters. The molecule has 1 aromatic heterocycles. The Morgan fingerprint density at radius 3 is 2.65 bits per heavy atom. The number of aromatic nitrogens is 1. The second-order valence-corrected chi connectivity index (χ2v) is 5.14. The highest BCUT2D eigenvalue weighted by atomic mass is 32.1. The zero-order valence-corrected chi connectivity index (χ0v) is 12.7. The fourth-order valence-electron chi connectivity index (χ4n) is 2.19. The van der Waals surface area contributed by atoms with Gasteiger partial charge in [0.15, 0.2) is 0 Å². The van der Waals surface area contributed by atoms with Crippen molar-refractivity contribution in [2.24, 2.45) is 5.73 Å². The van der Waals surface area contributed by atoms with Crippen LogP contribution in [0.25, 0.3) is 0 Å². The third kappa shape index (κ3) is 3.33. The van der Waals surface area contributed by atoms with Crippen LogP contribution >= 0.6 is 12.2 Å². The minimum Gasteiger partial charge on any atom is -0.389 e. The van der Waals surface area contributed by atoms with Crippen LogP contribution in [0.4, 0.5) is 5.69 Å². The zero-order valence-electron chi connectivity index (χ0n) is 11.8. The highest BCUT2D eigenvalue weighted by molar-refractivity contribution is 7.80. The summed E-state index contributed by atoms with van der Waals surface area (Å²) in [5, 5.41) is 0. The molecular weight excluding hydrogens is 266 g/mol. The van der Waals surface area contributed by atoms with Crippen molar-refractivity contribution in [3.8, 4) is 0 Å². The van der Waals surface area contributed by atoms with E-state index in [2.05, 4.69) is 28.9 Å². The number of hydrogen-bond acceptors (Lipinski definition) is 3. The smallest absolute Gasteiger partial charge is 0.104 e. The lowest BCUT2D eigenvalue weighted by molar-refractivity contribution is 0.809. The molecule has 0 aliphatic carbocycles. The summed E-state index contributed by atoms with van der Waals surface area (Å²) in [7, 11) is 0. The summed E-state index contributed by atoms with van der Waals surface area (Å²) in [4.78, 5) is 7.10. The van der Waals surface area contributed by atoms with Gasteiger partial charge in [0.05, 0.1) is 12.2 Å². The molecule has 1 aromatic carbocycles. The molecule has 3 nitrogen and oxygen atoms in total. The maximum absolute atomic E-state index is 5.70. The Morgan fingerprint density at radius 1 is 1.30 bits per heavy atom. The molecule has 0 aliphatic rings. The van der Waals surface area contributed by atoms with Crippen molar-refractivity contribution in [3.05, 3.63) is 59.4 Å². The van der Waals surface area contributed by atoms with Gasteiger partial charge in [-0.2, -0.15) is 0 Å². The molecule has 0 fully saturated rings. The van der Waals surface area contributed by atoms with Crippen molar-refractivity contribution in [2.75, 3.05) is 11.4 Å². The number of benzene rings is 1. The van der Waals surface area contributed by atoms with Crippen LogP contribution in [0.3, 0.4) is 0 Å². The minimum absolute atomic E-state index is 0.446. The van der Waals surface area contributed by atoms with Crippen LogP contribution in [0, 0.1) is 6.92 Å². The van der Waals surface area contributed by atoms with Crippen molar-refractivity contribution in [2.45, 2.75) is 20.4 Å². The van der Waals surface area contributed by atoms with Crippen LogP contribution < -0.4 is 10.6 Å². The summed E-state index contributed by atoms with van der Waals surface area (Å²) in [6.07, 6.45) is 1.82. The number of hydrogen-bond donors (Lipinski definition) is 1. The molecule has 0 saturated heterocycles. The third-order valence-corrected chi connectivity index (χ3v) is 3.52. The Labute approximate surface area is 125 Å². The van der Waals surface area contributed by atoms with Gasteiger partial charge in [0.2, 0.25) is 0 Å². The SMILES string of the molecule is CCN(Cc1ccccn1)c1ccc(C(N)=S)c(C)c1. The molecule has 20 heavy (non-hydrogen) atoms. The van der Waals surface area contributed by atoms with Crippen molar-refractivity contribution in [3.63, 3.8) is 0 Å².